The number of aryl methyl sites for hydroxylation is 1. The van der Waals surface area contributed by atoms with Gasteiger partial charge in [-0.2, -0.15) is 4.31 Å². The number of para-hydroxylation sites is 1. The molecule has 0 saturated carbocycles. The Kier molecular flexibility index (Phi) is 6.26. The van der Waals surface area contributed by atoms with Crippen molar-refractivity contribution in [3.63, 3.8) is 0 Å². The fourth-order valence-electron chi connectivity index (χ4n) is 3.06. The van der Waals surface area contributed by atoms with E-state index in [1.807, 2.05) is 49.4 Å². The van der Waals surface area contributed by atoms with Crippen LogP contribution < -0.4 is 5.32 Å². The number of hydrogen-bond acceptors (Lipinski definition) is 4. The Balaban J connectivity index is 1.47. The van der Waals surface area contributed by atoms with Crippen molar-refractivity contribution >= 4 is 21.6 Å². The highest BCUT2D eigenvalue weighted by molar-refractivity contribution is 7.89. The van der Waals surface area contributed by atoms with Crippen LogP contribution in [0, 0.1) is 6.92 Å². The molecule has 1 heterocycles. The number of anilines is 1. The van der Waals surface area contributed by atoms with Crippen LogP contribution in [-0.2, 0) is 14.8 Å². The first-order chi connectivity index (χ1) is 12.9. The van der Waals surface area contributed by atoms with E-state index in [1.165, 1.54) is 4.31 Å². The molecule has 0 bridgehead atoms. The Morgan fingerprint density at radius 3 is 2.22 bits per heavy atom. The number of carbonyl (C=O) groups is 1. The van der Waals surface area contributed by atoms with Crippen molar-refractivity contribution in [1.82, 2.24) is 9.21 Å². The lowest BCUT2D eigenvalue weighted by Gasteiger charge is -2.33. The molecule has 1 amide bonds. The van der Waals surface area contributed by atoms with Crippen LogP contribution in [0.15, 0.2) is 59.5 Å². The van der Waals surface area contributed by atoms with E-state index < -0.39 is 10.0 Å². The summed E-state index contributed by atoms with van der Waals surface area (Å²) in [5, 5.41) is 2.87. The first-order valence-corrected chi connectivity index (χ1v) is 10.5. The molecule has 0 aliphatic carbocycles. The molecule has 1 aliphatic heterocycles. The zero-order chi connectivity index (χ0) is 19.3. The largest absolute Gasteiger partial charge is 0.326 e. The predicted octanol–water partition coefficient (Wildman–Crippen LogP) is 2.33. The molecule has 0 radical (unpaired) electrons. The quantitative estimate of drug-likeness (QED) is 0.826. The lowest BCUT2D eigenvalue weighted by Crippen LogP contribution is -2.49. The molecule has 0 atom stereocenters. The summed E-state index contributed by atoms with van der Waals surface area (Å²) in [6.07, 6.45) is 0.388. The number of nitrogens with one attached hydrogen (secondary N) is 1. The number of rotatable bonds is 6. The Labute approximate surface area is 160 Å². The highest BCUT2D eigenvalue weighted by Crippen LogP contribution is 2.18. The van der Waals surface area contributed by atoms with Gasteiger partial charge in [0.2, 0.25) is 15.9 Å². The Bertz CT molecular complexity index is 859. The van der Waals surface area contributed by atoms with Gasteiger partial charge in [0, 0.05) is 44.8 Å². The van der Waals surface area contributed by atoms with Crippen molar-refractivity contribution in [2.24, 2.45) is 0 Å². The first kappa shape index (κ1) is 19.5. The second-order valence-corrected chi connectivity index (χ2v) is 8.66. The number of carbonyl (C=O) groups excluding carboxylic acids is 1. The van der Waals surface area contributed by atoms with Gasteiger partial charge in [0.25, 0.3) is 0 Å². The van der Waals surface area contributed by atoms with Crippen LogP contribution in [0.3, 0.4) is 0 Å². The van der Waals surface area contributed by atoms with E-state index >= 15 is 0 Å². The molecule has 1 aliphatic rings. The third kappa shape index (κ3) is 5.15. The van der Waals surface area contributed by atoms with Gasteiger partial charge in [-0.25, -0.2) is 8.42 Å². The normalized spacial score (nSPS) is 16.2. The topological polar surface area (TPSA) is 69.7 Å². The Morgan fingerprint density at radius 2 is 1.59 bits per heavy atom. The minimum absolute atomic E-state index is 0.0316. The molecule has 1 fully saturated rings. The number of nitrogens with zero attached hydrogens (tertiary/aromatic N) is 2. The zero-order valence-electron chi connectivity index (χ0n) is 15.5. The van der Waals surface area contributed by atoms with Crippen LogP contribution >= 0.6 is 0 Å². The number of piperazine rings is 1. The molecular weight excluding hydrogens is 362 g/mol. The Hall–Kier alpha value is -2.22. The summed E-state index contributed by atoms with van der Waals surface area (Å²) in [5.74, 6) is -0.0316. The van der Waals surface area contributed by atoms with Gasteiger partial charge >= 0.3 is 0 Å². The van der Waals surface area contributed by atoms with E-state index in [9.17, 15) is 13.2 Å². The predicted molar refractivity (Wildman–Crippen MR) is 106 cm³/mol. The van der Waals surface area contributed by atoms with Crippen molar-refractivity contribution in [1.29, 1.82) is 0 Å². The van der Waals surface area contributed by atoms with Crippen LogP contribution in [-0.4, -0.2) is 56.3 Å². The lowest BCUT2D eigenvalue weighted by atomic mass is 10.2. The second kappa shape index (κ2) is 8.65. The van der Waals surface area contributed by atoms with Gasteiger partial charge in [0.1, 0.15) is 0 Å². The maximum Gasteiger partial charge on any atom is 0.243 e. The molecule has 144 valence electrons. The standard InChI is InChI=1S/C20H25N3O3S/c1-17-7-9-19(10-8-17)27(25,26)23-15-13-22(14-16-23)12-11-20(24)21-18-5-3-2-4-6-18/h2-10H,11-16H2,1H3,(H,21,24). The van der Waals surface area contributed by atoms with E-state index in [-0.39, 0.29) is 5.91 Å². The third-order valence-corrected chi connectivity index (χ3v) is 6.62. The molecule has 0 unspecified atom stereocenters. The van der Waals surface area contributed by atoms with Gasteiger partial charge in [0.05, 0.1) is 4.90 Å². The summed E-state index contributed by atoms with van der Waals surface area (Å²) in [4.78, 5) is 14.5. The summed E-state index contributed by atoms with van der Waals surface area (Å²) in [5.41, 5.74) is 1.82. The van der Waals surface area contributed by atoms with Crippen molar-refractivity contribution in [3.05, 3.63) is 60.2 Å². The van der Waals surface area contributed by atoms with E-state index in [2.05, 4.69) is 10.2 Å². The van der Waals surface area contributed by atoms with Crippen LogP contribution in [0.1, 0.15) is 12.0 Å². The molecule has 0 aromatic heterocycles. The highest BCUT2D eigenvalue weighted by Gasteiger charge is 2.28. The van der Waals surface area contributed by atoms with Gasteiger partial charge in [0.15, 0.2) is 0 Å². The van der Waals surface area contributed by atoms with Gasteiger partial charge in [-0.1, -0.05) is 35.9 Å². The molecule has 3 rings (SSSR count). The van der Waals surface area contributed by atoms with Crippen LogP contribution in [0.25, 0.3) is 0 Å². The minimum atomic E-state index is -3.45. The van der Waals surface area contributed by atoms with Crippen molar-refractivity contribution in [3.8, 4) is 0 Å². The number of amides is 1. The molecule has 2 aromatic carbocycles. The van der Waals surface area contributed by atoms with Crippen molar-refractivity contribution < 1.29 is 13.2 Å². The van der Waals surface area contributed by atoms with Gasteiger partial charge < -0.3 is 10.2 Å². The minimum Gasteiger partial charge on any atom is -0.326 e. The smallest absolute Gasteiger partial charge is 0.243 e. The fourth-order valence-corrected chi connectivity index (χ4v) is 4.48. The van der Waals surface area contributed by atoms with E-state index in [1.54, 1.807) is 12.1 Å². The molecule has 1 N–H and O–H groups in total. The van der Waals surface area contributed by atoms with Gasteiger partial charge in [-0.05, 0) is 31.2 Å². The van der Waals surface area contributed by atoms with Crippen LogP contribution in [0.5, 0.6) is 0 Å². The maximum atomic E-state index is 12.7. The average Bonchev–Trinajstić information content (AvgIpc) is 2.68. The van der Waals surface area contributed by atoms with E-state index in [0.29, 0.717) is 44.0 Å². The summed E-state index contributed by atoms with van der Waals surface area (Å²) in [7, 11) is -3.45. The van der Waals surface area contributed by atoms with E-state index in [4.69, 9.17) is 0 Å². The SMILES string of the molecule is Cc1ccc(S(=O)(=O)N2CCN(CCC(=O)Nc3ccccc3)CC2)cc1. The molecule has 2 aromatic rings. The van der Waals surface area contributed by atoms with Crippen molar-refractivity contribution in [2.45, 2.75) is 18.2 Å². The average molecular weight is 388 g/mol. The fraction of sp³-hybridized carbons (Fsp3) is 0.350. The van der Waals surface area contributed by atoms with E-state index in [0.717, 1.165) is 11.3 Å². The molecule has 27 heavy (non-hydrogen) atoms. The van der Waals surface area contributed by atoms with Gasteiger partial charge in [-0.15, -0.1) is 0 Å². The Morgan fingerprint density at radius 1 is 0.963 bits per heavy atom. The second-order valence-electron chi connectivity index (χ2n) is 6.72. The van der Waals surface area contributed by atoms with Crippen LogP contribution in [0.2, 0.25) is 0 Å². The number of sulfonamides is 1. The number of hydrogen-bond donors (Lipinski definition) is 1. The number of benzene rings is 2. The van der Waals surface area contributed by atoms with Gasteiger partial charge in [-0.3, -0.25) is 4.79 Å². The zero-order valence-corrected chi connectivity index (χ0v) is 16.3. The molecule has 1 saturated heterocycles. The monoisotopic (exact) mass is 387 g/mol. The molecule has 0 spiro atoms. The summed E-state index contributed by atoms with van der Waals surface area (Å²) < 4.78 is 27.0. The molecular formula is C20H25N3O3S. The third-order valence-electron chi connectivity index (χ3n) is 4.70. The molecule has 7 heteroatoms. The van der Waals surface area contributed by atoms with Crippen molar-refractivity contribution in [2.75, 3.05) is 38.0 Å². The first-order valence-electron chi connectivity index (χ1n) is 9.09. The summed E-state index contributed by atoms with van der Waals surface area (Å²) in [6.45, 7) is 4.70. The highest BCUT2D eigenvalue weighted by atomic mass is 32.2. The molecule has 6 nitrogen and oxygen atoms in total. The maximum absolute atomic E-state index is 12.7. The van der Waals surface area contributed by atoms with Crippen LogP contribution in [0.4, 0.5) is 5.69 Å². The summed E-state index contributed by atoms with van der Waals surface area (Å²) in [6, 6.07) is 16.3. The summed E-state index contributed by atoms with van der Waals surface area (Å²) >= 11 is 0. The lowest BCUT2D eigenvalue weighted by molar-refractivity contribution is -0.116.